The number of H-pyrrole nitrogens is 1. The Bertz CT molecular complexity index is 522. The number of aromatic amines is 1. The Morgan fingerprint density at radius 2 is 2.17 bits per heavy atom. The fourth-order valence-electron chi connectivity index (χ4n) is 1.94. The fraction of sp³-hybridized carbons (Fsp3) is 0.357. The lowest BCUT2D eigenvalue weighted by Crippen LogP contribution is -2.12. The van der Waals surface area contributed by atoms with Gasteiger partial charge in [-0.3, -0.25) is 0 Å². The van der Waals surface area contributed by atoms with Crippen molar-refractivity contribution >= 4 is 0 Å². The summed E-state index contributed by atoms with van der Waals surface area (Å²) in [5, 5.41) is 9.35. The number of nitrogens with one attached hydrogen (secondary N) is 1. The Labute approximate surface area is 106 Å². The van der Waals surface area contributed by atoms with Crippen molar-refractivity contribution in [2.24, 2.45) is 5.92 Å². The molecule has 1 aromatic heterocycles. The van der Waals surface area contributed by atoms with E-state index in [1.807, 2.05) is 19.9 Å². The highest BCUT2D eigenvalue weighted by Gasteiger charge is 2.18. The van der Waals surface area contributed by atoms with Gasteiger partial charge in [-0.25, -0.2) is 9.37 Å². The molecule has 2 rings (SSSR count). The summed E-state index contributed by atoms with van der Waals surface area (Å²) >= 11 is 0. The van der Waals surface area contributed by atoms with Crippen molar-refractivity contribution in [3.05, 3.63) is 42.1 Å². The number of aliphatic hydroxyl groups excluding tert-OH is 1. The van der Waals surface area contributed by atoms with Crippen LogP contribution in [-0.4, -0.2) is 21.7 Å². The van der Waals surface area contributed by atoms with E-state index in [2.05, 4.69) is 9.97 Å². The molecule has 0 aliphatic carbocycles. The molecule has 3 nitrogen and oxygen atoms in total. The van der Waals surface area contributed by atoms with Crippen LogP contribution in [0.2, 0.25) is 0 Å². The van der Waals surface area contributed by atoms with Gasteiger partial charge in [0, 0.05) is 11.5 Å². The molecule has 1 aromatic carbocycles. The van der Waals surface area contributed by atoms with Crippen LogP contribution in [0, 0.1) is 11.7 Å². The van der Waals surface area contributed by atoms with Gasteiger partial charge in [0.15, 0.2) is 0 Å². The molecule has 2 aromatic rings. The van der Waals surface area contributed by atoms with E-state index in [1.165, 1.54) is 12.1 Å². The van der Waals surface area contributed by atoms with Crippen LogP contribution >= 0.6 is 0 Å². The van der Waals surface area contributed by atoms with Gasteiger partial charge in [0.25, 0.3) is 0 Å². The molecule has 18 heavy (non-hydrogen) atoms. The second kappa shape index (κ2) is 5.31. The Hall–Kier alpha value is -1.68. The van der Waals surface area contributed by atoms with Crippen LogP contribution in [0.5, 0.6) is 0 Å². The summed E-state index contributed by atoms with van der Waals surface area (Å²) in [6.07, 6.45) is 1.68. The molecular weight excluding hydrogens is 231 g/mol. The van der Waals surface area contributed by atoms with Crippen molar-refractivity contribution in [3.63, 3.8) is 0 Å². The molecule has 1 unspecified atom stereocenters. The smallest absolute Gasteiger partial charge is 0.123 e. The van der Waals surface area contributed by atoms with Gasteiger partial charge in [0.2, 0.25) is 0 Å². The first-order chi connectivity index (χ1) is 8.61. The van der Waals surface area contributed by atoms with E-state index < -0.39 is 0 Å². The zero-order valence-electron chi connectivity index (χ0n) is 10.5. The quantitative estimate of drug-likeness (QED) is 0.874. The van der Waals surface area contributed by atoms with E-state index in [-0.39, 0.29) is 18.3 Å². The summed E-state index contributed by atoms with van der Waals surface area (Å²) < 4.78 is 13.1. The number of benzene rings is 1. The maximum Gasteiger partial charge on any atom is 0.123 e. The number of halogens is 1. The monoisotopic (exact) mass is 248 g/mol. The molecule has 0 aliphatic rings. The third-order valence-corrected chi connectivity index (χ3v) is 3.08. The molecule has 4 heteroatoms. The highest BCUT2D eigenvalue weighted by molar-refractivity contribution is 5.58. The Morgan fingerprint density at radius 3 is 2.78 bits per heavy atom. The molecule has 0 fully saturated rings. The third-order valence-electron chi connectivity index (χ3n) is 3.08. The van der Waals surface area contributed by atoms with Crippen LogP contribution in [0.3, 0.4) is 0 Å². The van der Waals surface area contributed by atoms with Crippen molar-refractivity contribution in [1.82, 2.24) is 9.97 Å². The van der Waals surface area contributed by atoms with Gasteiger partial charge < -0.3 is 10.1 Å². The zero-order chi connectivity index (χ0) is 13.1. The van der Waals surface area contributed by atoms with Crippen molar-refractivity contribution in [1.29, 1.82) is 0 Å². The van der Waals surface area contributed by atoms with E-state index in [4.69, 9.17) is 0 Å². The molecule has 0 saturated carbocycles. The molecule has 2 N–H and O–H groups in total. The summed E-state index contributed by atoms with van der Waals surface area (Å²) in [6, 6.07) is 6.35. The first-order valence-corrected chi connectivity index (χ1v) is 6.03. The van der Waals surface area contributed by atoms with Gasteiger partial charge in [-0.2, -0.15) is 0 Å². The summed E-state index contributed by atoms with van der Waals surface area (Å²) in [4.78, 5) is 7.43. The van der Waals surface area contributed by atoms with Crippen molar-refractivity contribution in [2.75, 3.05) is 6.61 Å². The minimum absolute atomic E-state index is 0.0210. The van der Waals surface area contributed by atoms with Gasteiger partial charge in [-0.05, 0) is 18.1 Å². The summed E-state index contributed by atoms with van der Waals surface area (Å²) in [7, 11) is 0. The number of rotatable bonds is 4. The van der Waals surface area contributed by atoms with Crippen LogP contribution in [-0.2, 0) is 0 Å². The lowest BCUT2D eigenvalue weighted by molar-refractivity contribution is 0.232. The number of hydrogen-bond acceptors (Lipinski definition) is 2. The lowest BCUT2D eigenvalue weighted by Gasteiger charge is -2.15. The Morgan fingerprint density at radius 1 is 1.39 bits per heavy atom. The predicted octanol–water partition coefficient (Wildman–Crippen LogP) is 2.95. The molecule has 1 heterocycles. The first kappa shape index (κ1) is 12.8. The molecule has 0 radical (unpaired) electrons. The van der Waals surface area contributed by atoms with Crippen LogP contribution in [0.4, 0.5) is 4.39 Å². The predicted molar refractivity (Wildman–Crippen MR) is 68.6 cm³/mol. The lowest BCUT2D eigenvalue weighted by atomic mass is 9.96. The summed E-state index contributed by atoms with van der Waals surface area (Å²) in [5.74, 6) is 0.742. The van der Waals surface area contributed by atoms with E-state index in [0.29, 0.717) is 5.92 Å². The highest BCUT2D eigenvalue weighted by atomic mass is 19.1. The topological polar surface area (TPSA) is 48.9 Å². The van der Waals surface area contributed by atoms with Gasteiger partial charge in [-0.15, -0.1) is 0 Å². The normalized spacial score (nSPS) is 12.9. The first-order valence-electron chi connectivity index (χ1n) is 6.03. The molecule has 0 bridgehead atoms. The van der Waals surface area contributed by atoms with E-state index in [9.17, 15) is 9.50 Å². The minimum atomic E-state index is -0.272. The number of aromatic nitrogens is 2. The second-order valence-electron chi connectivity index (χ2n) is 4.73. The van der Waals surface area contributed by atoms with Crippen LogP contribution in [0.25, 0.3) is 11.3 Å². The molecule has 96 valence electrons. The third kappa shape index (κ3) is 2.59. The maximum absolute atomic E-state index is 13.1. The standard InChI is InChI=1S/C14H17FN2O/c1-9(2)12(8-18)14-16-7-13(17-14)10-4-3-5-11(15)6-10/h3-7,9,12,18H,8H2,1-2H3,(H,16,17). The molecular formula is C14H17FN2O. The van der Waals surface area contributed by atoms with Crippen molar-refractivity contribution in [3.8, 4) is 11.3 Å². The van der Waals surface area contributed by atoms with Crippen LogP contribution < -0.4 is 0 Å². The Balaban J connectivity index is 2.30. The number of nitrogens with zero attached hydrogens (tertiary/aromatic N) is 1. The maximum atomic E-state index is 13.1. The van der Waals surface area contributed by atoms with Crippen LogP contribution in [0.15, 0.2) is 30.5 Å². The summed E-state index contributed by atoms with van der Waals surface area (Å²) in [6.45, 7) is 4.12. The molecule has 0 saturated heterocycles. The number of imidazole rings is 1. The van der Waals surface area contributed by atoms with Gasteiger partial charge >= 0.3 is 0 Å². The SMILES string of the molecule is CC(C)C(CO)c1ncc(-c2cccc(F)c2)[nH]1. The van der Waals surface area contributed by atoms with Crippen molar-refractivity contribution < 1.29 is 9.50 Å². The van der Waals surface area contributed by atoms with Gasteiger partial charge in [0.1, 0.15) is 11.6 Å². The number of aliphatic hydroxyl groups is 1. The zero-order valence-corrected chi connectivity index (χ0v) is 10.5. The van der Waals surface area contributed by atoms with Gasteiger partial charge in [0.05, 0.1) is 18.5 Å². The van der Waals surface area contributed by atoms with E-state index in [1.54, 1.807) is 12.3 Å². The van der Waals surface area contributed by atoms with Crippen LogP contribution in [0.1, 0.15) is 25.6 Å². The Kier molecular flexibility index (Phi) is 3.77. The largest absolute Gasteiger partial charge is 0.396 e. The molecule has 0 aliphatic heterocycles. The molecule has 0 spiro atoms. The molecule has 0 amide bonds. The fourth-order valence-corrected chi connectivity index (χ4v) is 1.94. The minimum Gasteiger partial charge on any atom is -0.396 e. The van der Waals surface area contributed by atoms with E-state index >= 15 is 0 Å². The second-order valence-corrected chi connectivity index (χ2v) is 4.73. The average molecular weight is 248 g/mol. The average Bonchev–Trinajstić information content (AvgIpc) is 2.79. The number of hydrogen-bond donors (Lipinski definition) is 2. The molecule has 1 atom stereocenters. The highest BCUT2D eigenvalue weighted by Crippen LogP contribution is 2.24. The summed E-state index contributed by atoms with van der Waals surface area (Å²) in [5.41, 5.74) is 1.53. The van der Waals surface area contributed by atoms with E-state index in [0.717, 1.165) is 17.1 Å². The van der Waals surface area contributed by atoms with Crippen molar-refractivity contribution in [2.45, 2.75) is 19.8 Å². The van der Waals surface area contributed by atoms with Gasteiger partial charge in [-0.1, -0.05) is 26.0 Å².